The average Bonchev–Trinajstić information content (AvgIpc) is 2.75. The van der Waals surface area contributed by atoms with Crippen LogP contribution in [0.3, 0.4) is 0 Å². The highest BCUT2D eigenvalue weighted by Crippen LogP contribution is 2.31. The summed E-state index contributed by atoms with van der Waals surface area (Å²) in [7, 11) is 1.29. The lowest BCUT2D eigenvalue weighted by Crippen LogP contribution is -2.02. The van der Waals surface area contributed by atoms with E-state index < -0.39 is 16.4 Å². The number of hydrogen-bond acceptors (Lipinski definition) is 4. The standard InChI is InChI=1S/C11H10FN3O3/c1-7-3-4-14(13-7)9-6-11(18-2)10(15(16)17)5-8(9)12/h3-6H,1-2H3. The first kappa shape index (κ1) is 12.0. The molecule has 0 aliphatic rings. The molecule has 0 unspecified atom stereocenters. The predicted molar refractivity (Wildman–Crippen MR) is 61.5 cm³/mol. The van der Waals surface area contributed by atoms with Crippen LogP contribution in [0, 0.1) is 22.9 Å². The van der Waals surface area contributed by atoms with Gasteiger partial charge in [0, 0.05) is 12.3 Å². The highest BCUT2D eigenvalue weighted by Gasteiger charge is 2.20. The number of nitro benzene ring substituents is 1. The van der Waals surface area contributed by atoms with E-state index in [2.05, 4.69) is 5.10 Å². The Labute approximate surface area is 102 Å². The van der Waals surface area contributed by atoms with Gasteiger partial charge in [-0.05, 0) is 13.0 Å². The van der Waals surface area contributed by atoms with Crippen molar-refractivity contribution in [2.24, 2.45) is 0 Å². The van der Waals surface area contributed by atoms with Gasteiger partial charge in [0.2, 0.25) is 0 Å². The lowest BCUT2D eigenvalue weighted by Gasteiger charge is -2.07. The number of aryl methyl sites for hydroxylation is 1. The zero-order valence-corrected chi connectivity index (χ0v) is 9.75. The first-order valence-corrected chi connectivity index (χ1v) is 5.07. The molecule has 18 heavy (non-hydrogen) atoms. The summed E-state index contributed by atoms with van der Waals surface area (Å²) in [5.41, 5.74) is 0.403. The second-order valence-electron chi connectivity index (χ2n) is 3.63. The molecule has 0 radical (unpaired) electrons. The van der Waals surface area contributed by atoms with Gasteiger partial charge in [-0.25, -0.2) is 9.07 Å². The fraction of sp³-hybridized carbons (Fsp3) is 0.182. The molecule has 1 aromatic carbocycles. The summed E-state index contributed by atoms with van der Waals surface area (Å²) in [5.74, 6) is -0.741. The first-order valence-electron chi connectivity index (χ1n) is 5.07. The predicted octanol–water partition coefficient (Wildman–Crippen LogP) is 2.24. The van der Waals surface area contributed by atoms with Gasteiger partial charge in [-0.2, -0.15) is 5.10 Å². The SMILES string of the molecule is COc1cc(-n2ccc(C)n2)c(F)cc1[N+](=O)[O-]. The van der Waals surface area contributed by atoms with Gasteiger partial charge in [0.05, 0.1) is 23.8 Å². The Kier molecular flexibility index (Phi) is 2.97. The summed E-state index contributed by atoms with van der Waals surface area (Å²) in [4.78, 5) is 10.0. The molecule has 0 atom stereocenters. The van der Waals surface area contributed by atoms with Crippen molar-refractivity contribution in [3.05, 3.63) is 46.0 Å². The Balaban J connectivity index is 2.60. The monoisotopic (exact) mass is 251 g/mol. The molecule has 2 aromatic rings. The zero-order chi connectivity index (χ0) is 13.3. The summed E-state index contributed by atoms with van der Waals surface area (Å²) < 4.78 is 20.0. The summed E-state index contributed by atoms with van der Waals surface area (Å²) >= 11 is 0. The van der Waals surface area contributed by atoms with E-state index in [0.717, 1.165) is 6.07 Å². The van der Waals surface area contributed by atoms with E-state index in [0.29, 0.717) is 5.69 Å². The van der Waals surface area contributed by atoms with Crippen LogP contribution in [0.25, 0.3) is 5.69 Å². The maximum absolute atomic E-state index is 13.8. The second kappa shape index (κ2) is 4.44. The Morgan fingerprint density at radius 1 is 1.50 bits per heavy atom. The highest BCUT2D eigenvalue weighted by molar-refractivity contribution is 5.53. The molecule has 1 heterocycles. The fourth-order valence-electron chi connectivity index (χ4n) is 1.56. The molecular formula is C11H10FN3O3. The van der Waals surface area contributed by atoms with E-state index in [4.69, 9.17) is 4.74 Å². The smallest absolute Gasteiger partial charge is 0.313 e. The van der Waals surface area contributed by atoms with Crippen LogP contribution in [0.5, 0.6) is 5.75 Å². The number of methoxy groups -OCH3 is 1. The van der Waals surface area contributed by atoms with Crippen molar-refractivity contribution in [2.75, 3.05) is 7.11 Å². The van der Waals surface area contributed by atoms with Gasteiger partial charge in [0.15, 0.2) is 11.6 Å². The third-order valence-corrected chi connectivity index (χ3v) is 2.41. The molecule has 6 nitrogen and oxygen atoms in total. The summed E-state index contributed by atoms with van der Waals surface area (Å²) in [6, 6.07) is 3.78. The Bertz CT molecular complexity index is 610. The minimum atomic E-state index is -0.731. The van der Waals surface area contributed by atoms with Crippen LogP contribution in [0.4, 0.5) is 10.1 Å². The molecule has 0 N–H and O–H groups in total. The first-order chi connectivity index (χ1) is 8.52. The summed E-state index contributed by atoms with van der Waals surface area (Å²) in [5, 5.41) is 14.8. The minimum Gasteiger partial charge on any atom is -0.490 e. The maximum Gasteiger partial charge on any atom is 0.313 e. The Hall–Kier alpha value is -2.44. The zero-order valence-electron chi connectivity index (χ0n) is 9.75. The van der Waals surface area contributed by atoms with Crippen molar-refractivity contribution >= 4 is 5.69 Å². The van der Waals surface area contributed by atoms with E-state index in [-0.39, 0.29) is 11.4 Å². The van der Waals surface area contributed by atoms with Gasteiger partial charge in [-0.3, -0.25) is 10.1 Å². The molecule has 7 heteroatoms. The van der Waals surface area contributed by atoms with E-state index >= 15 is 0 Å². The van der Waals surface area contributed by atoms with Crippen LogP contribution in [-0.2, 0) is 0 Å². The second-order valence-corrected chi connectivity index (χ2v) is 3.63. The van der Waals surface area contributed by atoms with Gasteiger partial charge in [0.1, 0.15) is 5.69 Å². The van der Waals surface area contributed by atoms with Crippen molar-refractivity contribution in [3.8, 4) is 11.4 Å². The molecule has 0 saturated heterocycles. The molecule has 0 bridgehead atoms. The molecule has 0 aliphatic carbocycles. The van der Waals surface area contributed by atoms with E-state index in [9.17, 15) is 14.5 Å². The molecule has 0 aliphatic heterocycles. The molecule has 0 amide bonds. The van der Waals surface area contributed by atoms with Gasteiger partial charge in [0.25, 0.3) is 0 Å². The minimum absolute atomic E-state index is 0.00967. The largest absolute Gasteiger partial charge is 0.490 e. The van der Waals surface area contributed by atoms with Gasteiger partial charge in [-0.1, -0.05) is 0 Å². The van der Waals surface area contributed by atoms with Crippen LogP contribution in [0.1, 0.15) is 5.69 Å². The Morgan fingerprint density at radius 3 is 2.72 bits per heavy atom. The van der Waals surface area contributed by atoms with Crippen molar-refractivity contribution in [2.45, 2.75) is 6.92 Å². The molecule has 0 spiro atoms. The van der Waals surface area contributed by atoms with Crippen molar-refractivity contribution in [1.82, 2.24) is 9.78 Å². The fourth-order valence-corrected chi connectivity index (χ4v) is 1.56. The third kappa shape index (κ3) is 2.02. The van der Waals surface area contributed by atoms with Crippen molar-refractivity contribution in [1.29, 1.82) is 0 Å². The lowest BCUT2D eigenvalue weighted by atomic mass is 10.2. The summed E-state index contributed by atoms with van der Waals surface area (Å²) in [6.45, 7) is 1.76. The highest BCUT2D eigenvalue weighted by atomic mass is 19.1. The van der Waals surface area contributed by atoms with E-state index in [1.54, 1.807) is 19.2 Å². The number of ether oxygens (including phenoxy) is 1. The average molecular weight is 251 g/mol. The van der Waals surface area contributed by atoms with Crippen molar-refractivity contribution < 1.29 is 14.1 Å². The number of rotatable bonds is 3. The topological polar surface area (TPSA) is 70.2 Å². The van der Waals surface area contributed by atoms with E-state index in [1.165, 1.54) is 17.9 Å². The third-order valence-electron chi connectivity index (χ3n) is 2.41. The number of halogens is 1. The molecule has 0 saturated carbocycles. The van der Waals surface area contributed by atoms with Crippen LogP contribution < -0.4 is 4.74 Å². The van der Waals surface area contributed by atoms with Gasteiger partial charge >= 0.3 is 5.69 Å². The summed E-state index contributed by atoms with van der Waals surface area (Å²) in [6.07, 6.45) is 1.57. The lowest BCUT2D eigenvalue weighted by molar-refractivity contribution is -0.385. The number of hydrogen-bond donors (Lipinski definition) is 0. The molecule has 0 fully saturated rings. The molecular weight excluding hydrogens is 241 g/mol. The van der Waals surface area contributed by atoms with Crippen LogP contribution in [0.2, 0.25) is 0 Å². The van der Waals surface area contributed by atoms with E-state index in [1.807, 2.05) is 0 Å². The van der Waals surface area contributed by atoms with Crippen LogP contribution >= 0.6 is 0 Å². The molecule has 2 rings (SSSR count). The maximum atomic E-state index is 13.8. The number of benzene rings is 1. The molecule has 1 aromatic heterocycles. The number of aromatic nitrogens is 2. The van der Waals surface area contributed by atoms with Gasteiger partial charge in [-0.15, -0.1) is 0 Å². The number of nitro groups is 1. The Morgan fingerprint density at radius 2 is 2.22 bits per heavy atom. The number of nitrogens with zero attached hydrogens (tertiary/aromatic N) is 3. The quantitative estimate of drug-likeness (QED) is 0.619. The van der Waals surface area contributed by atoms with Crippen LogP contribution in [0.15, 0.2) is 24.4 Å². The van der Waals surface area contributed by atoms with Crippen molar-refractivity contribution in [3.63, 3.8) is 0 Å². The van der Waals surface area contributed by atoms with Crippen LogP contribution in [-0.4, -0.2) is 21.8 Å². The molecule has 94 valence electrons. The normalized spacial score (nSPS) is 10.4. The van der Waals surface area contributed by atoms with Gasteiger partial charge < -0.3 is 4.74 Å².